The van der Waals surface area contributed by atoms with Crippen molar-refractivity contribution >= 4 is 10.2 Å². The molecule has 106 valence electrons. The van der Waals surface area contributed by atoms with Gasteiger partial charge in [-0.15, -0.1) is 0 Å². The summed E-state index contributed by atoms with van der Waals surface area (Å²) in [6.45, 7) is 1.77. The van der Waals surface area contributed by atoms with E-state index in [0.717, 1.165) is 25.0 Å². The largest absolute Gasteiger partial charge is 0.281 e. The lowest BCUT2D eigenvalue weighted by Crippen LogP contribution is -2.44. The molecule has 1 aromatic heterocycles. The average molecular weight is 283 g/mol. The van der Waals surface area contributed by atoms with E-state index in [4.69, 9.17) is 0 Å². The molecule has 0 unspecified atom stereocenters. The first-order valence-electron chi connectivity index (χ1n) is 6.72. The van der Waals surface area contributed by atoms with Crippen molar-refractivity contribution in [2.24, 2.45) is 0 Å². The zero-order valence-corrected chi connectivity index (χ0v) is 12.1. The molecule has 2 rings (SSSR count). The van der Waals surface area contributed by atoms with Crippen molar-refractivity contribution in [1.82, 2.24) is 13.6 Å². The maximum Gasteiger partial charge on any atom is 0.281 e. The van der Waals surface area contributed by atoms with Gasteiger partial charge in [0.1, 0.15) is 0 Å². The molecule has 6 heteroatoms. The van der Waals surface area contributed by atoms with Gasteiger partial charge >= 0.3 is 0 Å². The molecule has 1 saturated heterocycles. The summed E-state index contributed by atoms with van der Waals surface area (Å²) in [5.41, 5.74) is 0.920. The van der Waals surface area contributed by atoms with Crippen LogP contribution in [0, 0.1) is 0 Å². The van der Waals surface area contributed by atoms with Gasteiger partial charge in [0, 0.05) is 45.0 Å². The third-order valence-corrected chi connectivity index (χ3v) is 5.43. The predicted octanol–water partition coefficient (Wildman–Crippen LogP) is 1.29. The van der Waals surface area contributed by atoms with E-state index in [1.807, 2.05) is 18.2 Å². The fourth-order valence-electron chi connectivity index (χ4n) is 2.23. The molecule has 0 aliphatic carbocycles. The standard InChI is InChI=1S/C13H21N3O2S/c1-15(12-8-13-7-3-4-9-14-13)19(17,18)16-10-5-2-6-11-16/h3-4,7,9H,2,5-6,8,10-12H2,1H3. The molecule has 1 fully saturated rings. The Morgan fingerprint density at radius 1 is 1.26 bits per heavy atom. The van der Waals surface area contributed by atoms with Crippen LogP contribution in [-0.4, -0.2) is 48.7 Å². The molecule has 5 nitrogen and oxygen atoms in total. The van der Waals surface area contributed by atoms with E-state index < -0.39 is 10.2 Å². The number of rotatable bonds is 5. The van der Waals surface area contributed by atoms with Crippen molar-refractivity contribution in [3.63, 3.8) is 0 Å². The van der Waals surface area contributed by atoms with Gasteiger partial charge in [0.15, 0.2) is 0 Å². The first kappa shape index (κ1) is 14.4. The van der Waals surface area contributed by atoms with Crippen molar-refractivity contribution in [3.8, 4) is 0 Å². The van der Waals surface area contributed by atoms with E-state index in [-0.39, 0.29) is 0 Å². The van der Waals surface area contributed by atoms with Crippen LogP contribution in [0.3, 0.4) is 0 Å². The van der Waals surface area contributed by atoms with Gasteiger partial charge in [-0.3, -0.25) is 4.98 Å². The highest BCUT2D eigenvalue weighted by molar-refractivity contribution is 7.86. The number of pyridine rings is 1. The summed E-state index contributed by atoms with van der Waals surface area (Å²) >= 11 is 0. The second-order valence-electron chi connectivity index (χ2n) is 4.86. The van der Waals surface area contributed by atoms with Crippen molar-refractivity contribution in [1.29, 1.82) is 0 Å². The number of hydrogen-bond acceptors (Lipinski definition) is 3. The number of piperidine rings is 1. The van der Waals surface area contributed by atoms with Crippen molar-refractivity contribution in [2.45, 2.75) is 25.7 Å². The Bertz CT molecular complexity index is 484. The second-order valence-corrected chi connectivity index (χ2v) is 6.90. The molecule has 0 bridgehead atoms. The summed E-state index contributed by atoms with van der Waals surface area (Å²) in [5, 5.41) is 0. The quantitative estimate of drug-likeness (QED) is 0.818. The van der Waals surface area contributed by atoms with Crippen molar-refractivity contribution < 1.29 is 8.42 Å². The minimum Gasteiger partial charge on any atom is -0.261 e. The number of nitrogens with zero attached hydrogens (tertiary/aromatic N) is 3. The van der Waals surface area contributed by atoms with Crippen LogP contribution in [0.15, 0.2) is 24.4 Å². The molecule has 1 aliphatic heterocycles. The summed E-state index contributed by atoms with van der Waals surface area (Å²) in [6.07, 6.45) is 5.43. The number of likely N-dealkylation sites (N-methyl/N-ethyl adjacent to an activating group) is 1. The minimum atomic E-state index is -3.29. The van der Waals surface area contributed by atoms with Crippen LogP contribution in [-0.2, 0) is 16.6 Å². The van der Waals surface area contributed by atoms with E-state index in [2.05, 4.69) is 4.98 Å². The van der Waals surface area contributed by atoms with Crippen LogP contribution >= 0.6 is 0 Å². The highest BCUT2D eigenvalue weighted by atomic mass is 32.2. The molecule has 2 heterocycles. The van der Waals surface area contributed by atoms with Gasteiger partial charge in [-0.05, 0) is 25.0 Å². The van der Waals surface area contributed by atoms with E-state index in [9.17, 15) is 8.42 Å². The summed E-state index contributed by atoms with van der Waals surface area (Å²) in [6, 6.07) is 5.69. The minimum absolute atomic E-state index is 0.468. The fraction of sp³-hybridized carbons (Fsp3) is 0.615. The Kier molecular flexibility index (Phi) is 4.90. The Morgan fingerprint density at radius 2 is 2.00 bits per heavy atom. The maximum atomic E-state index is 12.3. The van der Waals surface area contributed by atoms with Gasteiger partial charge < -0.3 is 0 Å². The van der Waals surface area contributed by atoms with Crippen LogP contribution in [0.4, 0.5) is 0 Å². The van der Waals surface area contributed by atoms with Crippen LogP contribution in [0.25, 0.3) is 0 Å². The number of aromatic nitrogens is 1. The Labute approximate surface area is 115 Å². The van der Waals surface area contributed by atoms with E-state index in [1.165, 1.54) is 4.31 Å². The monoisotopic (exact) mass is 283 g/mol. The lowest BCUT2D eigenvalue weighted by Gasteiger charge is -2.30. The molecule has 1 aliphatic rings. The molecule has 0 radical (unpaired) electrons. The summed E-state index contributed by atoms with van der Waals surface area (Å²) in [7, 11) is -1.65. The third kappa shape index (κ3) is 3.75. The van der Waals surface area contributed by atoms with Crippen LogP contribution in [0.5, 0.6) is 0 Å². The van der Waals surface area contributed by atoms with E-state index in [0.29, 0.717) is 26.1 Å². The second kappa shape index (κ2) is 6.45. The smallest absolute Gasteiger partial charge is 0.261 e. The Balaban J connectivity index is 1.93. The molecule has 1 aromatic rings. The van der Waals surface area contributed by atoms with E-state index in [1.54, 1.807) is 17.5 Å². The van der Waals surface area contributed by atoms with Gasteiger partial charge in [-0.25, -0.2) is 0 Å². The molecule has 0 N–H and O–H groups in total. The zero-order valence-electron chi connectivity index (χ0n) is 11.3. The van der Waals surface area contributed by atoms with Crippen molar-refractivity contribution in [3.05, 3.63) is 30.1 Å². The predicted molar refractivity (Wildman–Crippen MR) is 74.9 cm³/mol. The molecule has 0 saturated carbocycles. The lowest BCUT2D eigenvalue weighted by atomic mass is 10.2. The highest BCUT2D eigenvalue weighted by Crippen LogP contribution is 2.15. The van der Waals surface area contributed by atoms with Gasteiger partial charge in [0.25, 0.3) is 10.2 Å². The van der Waals surface area contributed by atoms with Gasteiger partial charge in [0.2, 0.25) is 0 Å². The zero-order chi connectivity index (χ0) is 13.7. The number of hydrogen-bond donors (Lipinski definition) is 0. The molecular weight excluding hydrogens is 262 g/mol. The van der Waals surface area contributed by atoms with E-state index >= 15 is 0 Å². The van der Waals surface area contributed by atoms with Crippen molar-refractivity contribution in [2.75, 3.05) is 26.7 Å². The van der Waals surface area contributed by atoms with Gasteiger partial charge in [0.05, 0.1) is 0 Å². The molecule has 0 atom stereocenters. The van der Waals surface area contributed by atoms with Crippen LogP contribution in [0.1, 0.15) is 25.0 Å². The SMILES string of the molecule is CN(CCc1ccccn1)S(=O)(=O)N1CCCCC1. The lowest BCUT2D eigenvalue weighted by molar-refractivity contribution is 0.316. The van der Waals surface area contributed by atoms with Crippen LogP contribution < -0.4 is 0 Å². The Morgan fingerprint density at radius 3 is 2.63 bits per heavy atom. The fourth-order valence-corrected chi connectivity index (χ4v) is 3.66. The summed E-state index contributed by atoms with van der Waals surface area (Å²) in [5.74, 6) is 0. The molecule has 0 spiro atoms. The Hall–Kier alpha value is -0.980. The average Bonchev–Trinajstić information content (AvgIpc) is 2.46. The maximum absolute atomic E-state index is 12.3. The summed E-state index contributed by atoms with van der Waals surface area (Å²) in [4.78, 5) is 4.21. The van der Waals surface area contributed by atoms with Crippen LogP contribution in [0.2, 0.25) is 0 Å². The topological polar surface area (TPSA) is 53.5 Å². The van der Waals surface area contributed by atoms with Gasteiger partial charge in [-0.2, -0.15) is 17.0 Å². The molecule has 19 heavy (non-hydrogen) atoms. The highest BCUT2D eigenvalue weighted by Gasteiger charge is 2.27. The molecule has 0 aromatic carbocycles. The third-order valence-electron chi connectivity index (χ3n) is 3.44. The van der Waals surface area contributed by atoms with Gasteiger partial charge in [-0.1, -0.05) is 12.5 Å². The molecule has 0 amide bonds. The normalized spacial score (nSPS) is 17.8. The molecular formula is C13H21N3O2S. The first-order valence-corrected chi connectivity index (χ1v) is 8.12. The summed E-state index contributed by atoms with van der Waals surface area (Å²) < 4.78 is 27.7. The first-order chi connectivity index (χ1) is 9.10.